The van der Waals surface area contributed by atoms with Crippen molar-refractivity contribution >= 4 is 39.4 Å². The van der Waals surface area contributed by atoms with Gasteiger partial charge >= 0.3 is 0 Å². The van der Waals surface area contributed by atoms with Crippen molar-refractivity contribution in [1.29, 1.82) is 0 Å². The van der Waals surface area contributed by atoms with E-state index in [-0.39, 0.29) is 0 Å². The summed E-state index contributed by atoms with van der Waals surface area (Å²) in [7, 11) is 2.16. The molecule has 1 saturated heterocycles. The van der Waals surface area contributed by atoms with Crippen LogP contribution in [0.3, 0.4) is 0 Å². The minimum atomic E-state index is 0.302. The average Bonchev–Trinajstić information content (AvgIpc) is 3.20. The number of likely N-dealkylation sites (N-methyl/N-ethyl adjacent to an activating group) is 1. The number of aromatic nitrogens is 5. The summed E-state index contributed by atoms with van der Waals surface area (Å²) in [6.45, 7) is 8.49. The van der Waals surface area contributed by atoms with E-state index in [0.717, 1.165) is 59.6 Å². The zero-order chi connectivity index (χ0) is 20.7. The molecule has 0 aliphatic carbocycles. The Balaban J connectivity index is 1.42. The fourth-order valence-electron chi connectivity index (χ4n) is 3.89. The third-order valence-corrected chi connectivity index (χ3v) is 5.70. The van der Waals surface area contributed by atoms with Crippen molar-refractivity contribution in [3.8, 4) is 0 Å². The van der Waals surface area contributed by atoms with Gasteiger partial charge in [0.05, 0.1) is 29.2 Å². The highest BCUT2D eigenvalue weighted by Gasteiger charge is 2.15. The number of piperazine rings is 1. The van der Waals surface area contributed by atoms with E-state index in [1.807, 2.05) is 36.9 Å². The monoisotopic (exact) mass is 402 g/mol. The Morgan fingerprint density at radius 1 is 0.933 bits per heavy atom. The first-order chi connectivity index (χ1) is 14.6. The second-order valence-corrected chi connectivity index (χ2v) is 8.13. The lowest BCUT2D eigenvalue weighted by Gasteiger charge is -2.33. The van der Waals surface area contributed by atoms with Crippen molar-refractivity contribution in [2.45, 2.75) is 19.9 Å². The SMILES string of the molecule is CC(C)n1cnc2ccc3cnc(Nc4ccc(N5CCN(C)CC5)cn4)nc3c21. The number of rotatable bonds is 4. The molecule has 30 heavy (non-hydrogen) atoms. The van der Waals surface area contributed by atoms with Crippen LogP contribution in [0.2, 0.25) is 0 Å². The smallest absolute Gasteiger partial charge is 0.228 e. The van der Waals surface area contributed by atoms with Crippen LogP contribution in [0.15, 0.2) is 43.0 Å². The first-order valence-electron chi connectivity index (χ1n) is 10.4. The molecule has 8 nitrogen and oxygen atoms in total. The minimum absolute atomic E-state index is 0.302. The second kappa shape index (κ2) is 7.53. The molecule has 5 rings (SSSR count). The topological polar surface area (TPSA) is 75.0 Å². The summed E-state index contributed by atoms with van der Waals surface area (Å²) in [6.07, 6.45) is 5.64. The van der Waals surface area contributed by atoms with E-state index < -0.39 is 0 Å². The quantitative estimate of drug-likeness (QED) is 0.560. The number of hydrogen-bond donors (Lipinski definition) is 1. The number of nitrogens with zero attached hydrogens (tertiary/aromatic N) is 7. The molecular formula is C22H26N8. The Morgan fingerprint density at radius 3 is 2.50 bits per heavy atom. The summed E-state index contributed by atoms with van der Waals surface area (Å²) in [4.78, 5) is 23.1. The maximum absolute atomic E-state index is 4.80. The first-order valence-corrected chi connectivity index (χ1v) is 10.4. The van der Waals surface area contributed by atoms with Gasteiger partial charge in [-0.2, -0.15) is 0 Å². The minimum Gasteiger partial charge on any atom is -0.368 e. The molecule has 1 aliphatic rings. The van der Waals surface area contributed by atoms with Gasteiger partial charge in [0.1, 0.15) is 11.3 Å². The molecule has 4 heterocycles. The van der Waals surface area contributed by atoms with Gasteiger partial charge in [-0.3, -0.25) is 0 Å². The van der Waals surface area contributed by atoms with Crippen LogP contribution >= 0.6 is 0 Å². The molecule has 1 N–H and O–H groups in total. The zero-order valence-electron chi connectivity index (χ0n) is 17.6. The number of fused-ring (bicyclic) bond motifs is 3. The third-order valence-electron chi connectivity index (χ3n) is 5.70. The Bertz CT molecular complexity index is 1170. The normalized spacial score (nSPS) is 15.4. The molecule has 1 aliphatic heterocycles. The lowest BCUT2D eigenvalue weighted by molar-refractivity contribution is 0.313. The van der Waals surface area contributed by atoms with Gasteiger partial charge in [-0.1, -0.05) is 0 Å². The summed E-state index contributed by atoms with van der Waals surface area (Å²) in [5.41, 5.74) is 4.02. The molecule has 0 bridgehead atoms. The van der Waals surface area contributed by atoms with Crippen LogP contribution in [0.5, 0.6) is 0 Å². The molecule has 0 spiro atoms. The van der Waals surface area contributed by atoms with Gasteiger partial charge in [-0.25, -0.2) is 19.9 Å². The molecule has 4 aromatic rings. The van der Waals surface area contributed by atoms with Crippen LogP contribution < -0.4 is 10.2 Å². The Kier molecular flexibility index (Phi) is 4.71. The number of imidazole rings is 1. The van der Waals surface area contributed by atoms with Crippen molar-refractivity contribution in [2.24, 2.45) is 0 Å². The van der Waals surface area contributed by atoms with Crippen molar-refractivity contribution in [3.05, 3.63) is 43.0 Å². The van der Waals surface area contributed by atoms with E-state index >= 15 is 0 Å². The van der Waals surface area contributed by atoms with Crippen LogP contribution in [0, 0.1) is 0 Å². The van der Waals surface area contributed by atoms with Crippen molar-refractivity contribution < 1.29 is 0 Å². The van der Waals surface area contributed by atoms with Crippen LogP contribution in [0.1, 0.15) is 19.9 Å². The molecule has 154 valence electrons. The van der Waals surface area contributed by atoms with E-state index in [4.69, 9.17) is 4.98 Å². The second-order valence-electron chi connectivity index (χ2n) is 8.13. The van der Waals surface area contributed by atoms with Gasteiger partial charge < -0.3 is 19.7 Å². The summed E-state index contributed by atoms with van der Waals surface area (Å²) in [5.74, 6) is 1.27. The van der Waals surface area contributed by atoms with Crippen LogP contribution in [-0.2, 0) is 0 Å². The number of anilines is 3. The summed E-state index contributed by atoms with van der Waals surface area (Å²) in [6, 6.07) is 8.43. The number of hydrogen-bond acceptors (Lipinski definition) is 7. The van der Waals surface area contributed by atoms with Crippen LogP contribution in [0.25, 0.3) is 21.9 Å². The highest BCUT2D eigenvalue weighted by molar-refractivity contribution is 6.02. The molecular weight excluding hydrogens is 376 g/mol. The molecule has 8 heteroatoms. The van der Waals surface area contributed by atoms with Crippen molar-refractivity contribution in [1.82, 2.24) is 29.4 Å². The van der Waals surface area contributed by atoms with E-state index in [1.165, 1.54) is 0 Å². The van der Waals surface area contributed by atoms with Gasteiger partial charge in [-0.15, -0.1) is 0 Å². The van der Waals surface area contributed by atoms with Gasteiger partial charge in [0.2, 0.25) is 5.95 Å². The summed E-state index contributed by atoms with van der Waals surface area (Å²) in [5, 5.41) is 4.24. The van der Waals surface area contributed by atoms with Gasteiger partial charge in [0.25, 0.3) is 0 Å². The fourth-order valence-corrected chi connectivity index (χ4v) is 3.89. The number of nitrogens with one attached hydrogen (secondary N) is 1. The van der Waals surface area contributed by atoms with Crippen LogP contribution in [0.4, 0.5) is 17.5 Å². The fraction of sp³-hybridized carbons (Fsp3) is 0.364. The molecule has 0 radical (unpaired) electrons. The molecule has 0 amide bonds. The van der Waals surface area contributed by atoms with Crippen molar-refractivity contribution in [3.63, 3.8) is 0 Å². The van der Waals surface area contributed by atoms with E-state index in [0.29, 0.717) is 12.0 Å². The summed E-state index contributed by atoms with van der Waals surface area (Å²) < 4.78 is 2.15. The van der Waals surface area contributed by atoms with Gasteiger partial charge in [0.15, 0.2) is 0 Å². The average molecular weight is 403 g/mol. The molecule has 1 fully saturated rings. The molecule has 1 aromatic carbocycles. The molecule has 3 aromatic heterocycles. The van der Waals surface area contributed by atoms with Crippen LogP contribution in [-0.4, -0.2) is 62.6 Å². The lowest BCUT2D eigenvalue weighted by atomic mass is 10.2. The predicted octanol–water partition coefficient (Wildman–Crippen LogP) is 3.45. The summed E-state index contributed by atoms with van der Waals surface area (Å²) >= 11 is 0. The third kappa shape index (κ3) is 3.43. The Morgan fingerprint density at radius 2 is 1.77 bits per heavy atom. The highest BCUT2D eigenvalue weighted by Crippen LogP contribution is 2.26. The maximum atomic E-state index is 4.80. The van der Waals surface area contributed by atoms with Gasteiger partial charge in [-0.05, 0) is 45.2 Å². The highest BCUT2D eigenvalue weighted by atomic mass is 15.3. The molecule has 0 unspecified atom stereocenters. The Hall–Kier alpha value is -3.26. The number of pyridine rings is 1. The first kappa shape index (κ1) is 18.7. The predicted molar refractivity (Wildman–Crippen MR) is 120 cm³/mol. The van der Waals surface area contributed by atoms with E-state index in [9.17, 15) is 0 Å². The molecule has 0 saturated carbocycles. The largest absolute Gasteiger partial charge is 0.368 e. The van der Waals surface area contributed by atoms with Crippen molar-refractivity contribution in [2.75, 3.05) is 43.4 Å². The number of benzene rings is 1. The zero-order valence-corrected chi connectivity index (χ0v) is 17.6. The Labute approximate surface area is 175 Å². The van der Waals surface area contributed by atoms with E-state index in [2.05, 4.69) is 61.6 Å². The van der Waals surface area contributed by atoms with E-state index in [1.54, 1.807) is 0 Å². The molecule has 0 atom stereocenters. The van der Waals surface area contributed by atoms with Gasteiger partial charge in [0, 0.05) is 43.8 Å². The maximum Gasteiger partial charge on any atom is 0.228 e. The lowest BCUT2D eigenvalue weighted by Crippen LogP contribution is -2.44. The standard InChI is InChI=1S/C22H26N8/c1-15(2)30-14-25-18-6-4-16-12-24-22(27-20(16)21(18)30)26-19-7-5-17(13-23-19)29-10-8-28(3)9-11-29/h4-7,12-15H,8-11H2,1-3H3,(H,23,24,26,27).